The lowest BCUT2D eigenvalue weighted by Gasteiger charge is -2.34. The lowest BCUT2D eigenvalue weighted by molar-refractivity contribution is 0.0652. The minimum Gasteiger partial charge on any atom is -0.336 e. The molecule has 2 aromatic heterocycles. The number of hydrogen-bond acceptors (Lipinski definition) is 4. The first kappa shape index (κ1) is 22.0. The number of piperazine rings is 1. The molecule has 0 spiro atoms. The van der Waals surface area contributed by atoms with E-state index in [2.05, 4.69) is 34.2 Å². The summed E-state index contributed by atoms with van der Waals surface area (Å²) >= 11 is 0. The van der Waals surface area contributed by atoms with Crippen LogP contribution in [0.25, 0.3) is 28.2 Å². The maximum atomic E-state index is 13.7. The van der Waals surface area contributed by atoms with Crippen LogP contribution in [0.5, 0.6) is 0 Å². The van der Waals surface area contributed by atoms with Crippen LogP contribution in [-0.4, -0.2) is 58.4 Å². The van der Waals surface area contributed by atoms with Gasteiger partial charge in [-0.1, -0.05) is 60.7 Å². The molecule has 170 valence electrons. The summed E-state index contributed by atoms with van der Waals surface area (Å²) < 4.78 is 0. The maximum absolute atomic E-state index is 13.7. The van der Waals surface area contributed by atoms with Crippen LogP contribution in [0.2, 0.25) is 0 Å². The molecule has 0 aliphatic carbocycles. The standard InChI is InChI=1S/C29H28N4O/c1-22-8-5-13-25-26(20-27(31-28(22)25)24-12-6-14-30-21-24)29(34)33-18-16-32(17-19-33)15-7-11-23-9-3-2-4-10-23/h2-14,20-21H,15-19H2,1H3/b11-7+. The smallest absolute Gasteiger partial charge is 0.254 e. The van der Waals surface area contributed by atoms with E-state index in [1.807, 2.05) is 66.4 Å². The van der Waals surface area contributed by atoms with Crippen LogP contribution in [0.3, 0.4) is 0 Å². The Morgan fingerprint density at radius 2 is 1.79 bits per heavy atom. The zero-order valence-corrected chi connectivity index (χ0v) is 19.4. The Balaban J connectivity index is 1.34. The first-order chi connectivity index (χ1) is 16.7. The average Bonchev–Trinajstić information content (AvgIpc) is 2.90. The third kappa shape index (κ3) is 4.75. The molecule has 1 aliphatic rings. The van der Waals surface area contributed by atoms with Gasteiger partial charge in [0.25, 0.3) is 5.91 Å². The minimum atomic E-state index is 0.0719. The predicted molar refractivity (Wildman–Crippen MR) is 138 cm³/mol. The predicted octanol–water partition coefficient (Wildman–Crippen LogP) is 5.08. The molecule has 5 rings (SSSR count). The van der Waals surface area contributed by atoms with E-state index < -0.39 is 0 Å². The Hall–Kier alpha value is -3.83. The van der Waals surface area contributed by atoms with Crippen molar-refractivity contribution in [3.63, 3.8) is 0 Å². The number of pyridine rings is 2. The number of fused-ring (bicyclic) bond motifs is 1. The number of carbonyl (C=O) groups excluding carboxylic acids is 1. The van der Waals surface area contributed by atoms with Crippen molar-refractivity contribution >= 4 is 22.9 Å². The normalized spacial score (nSPS) is 14.7. The molecule has 0 N–H and O–H groups in total. The number of amides is 1. The number of carbonyl (C=O) groups is 1. The van der Waals surface area contributed by atoms with E-state index in [9.17, 15) is 4.79 Å². The van der Waals surface area contributed by atoms with Crippen LogP contribution >= 0.6 is 0 Å². The van der Waals surface area contributed by atoms with Crippen LogP contribution in [0, 0.1) is 6.92 Å². The lowest BCUT2D eigenvalue weighted by atomic mass is 10.0. The van der Waals surface area contributed by atoms with E-state index in [-0.39, 0.29) is 5.91 Å². The second-order valence-corrected chi connectivity index (χ2v) is 8.67. The van der Waals surface area contributed by atoms with Gasteiger partial charge < -0.3 is 4.90 Å². The Morgan fingerprint density at radius 3 is 2.56 bits per heavy atom. The van der Waals surface area contributed by atoms with Crippen LogP contribution in [0.4, 0.5) is 0 Å². The van der Waals surface area contributed by atoms with Gasteiger partial charge in [0.05, 0.1) is 16.8 Å². The second-order valence-electron chi connectivity index (χ2n) is 8.67. The summed E-state index contributed by atoms with van der Waals surface area (Å²) in [5.41, 5.74) is 5.55. The van der Waals surface area contributed by atoms with E-state index in [0.29, 0.717) is 5.56 Å². The molecule has 1 aliphatic heterocycles. The molecule has 5 heteroatoms. The summed E-state index contributed by atoms with van der Waals surface area (Å²) in [5, 5.41) is 0.908. The fourth-order valence-corrected chi connectivity index (χ4v) is 4.44. The second kappa shape index (κ2) is 9.98. The number of hydrogen-bond donors (Lipinski definition) is 0. The van der Waals surface area contributed by atoms with Gasteiger partial charge in [0.1, 0.15) is 0 Å². The highest BCUT2D eigenvalue weighted by molar-refractivity contribution is 6.07. The van der Waals surface area contributed by atoms with Crippen LogP contribution in [0.15, 0.2) is 85.2 Å². The van der Waals surface area contributed by atoms with E-state index >= 15 is 0 Å². The van der Waals surface area contributed by atoms with E-state index in [4.69, 9.17) is 4.98 Å². The van der Waals surface area contributed by atoms with E-state index in [1.54, 1.807) is 12.4 Å². The van der Waals surface area contributed by atoms with Gasteiger partial charge in [-0.2, -0.15) is 0 Å². The van der Waals surface area contributed by atoms with Crippen LogP contribution < -0.4 is 0 Å². The zero-order valence-electron chi connectivity index (χ0n) is 19.4. The van der Waals surface area contributed by atoms with Crippen molar-refractivity contribution < 1.29 is 4.79 Å². The number of nitrogens with zero attached hydrogens (tertiary/aromatic N) is 4. The molecule has 0 atom stereocenters. The molecule has 5 nitrogen and oxygen atoms in total. The molecule has 1 amide bonds. The molecule has 0 bridgehead atoms. The molecule has 1 saturated heterocycles. The van der Waals surface area contributed by atoms with Gasteiger partial charge in [-0.05, 0) is 36.2 Å². The number of benzene rings is 2. The first-order valence-electron chi connectivity index (χ1n) is 11.7. The molecule has 0 unspecified atom stereocenters. The number of aromatic nitrogens is 2. The summed E-state index contributed by atoms with van der Waals surface area (Å²) in [5.74, 6) is 0.0719. The van der Waals surface area contributed by atoms with Crippen molar-refractivity contribution in [3.8, 4) is 11.3 Å². The SMILES string of the molecule is Cc1cccc2c(C(=O)N3CCN(C/C=C/c4ccccc4)CC3)cc(-c3cccnc3)nc12. The van der Waals surface area contributed by atoms with Gasteiger partial charge in [0.2, 0.25) is 0 Å². The molecule has 0 radical (unpaired) electrons. The topological polar surface area (TPSA) is 49.3 Å². The molecule has 4 aromatic rings. The minimum absolute atomic E-state index is 0.0719. The number of para-hydroxylation sites is 1. The third-order valence-corrected chi connectivity index (χ3v) is 6.36. The zero-order chi connectivity index (χ0) is 23.3. The summed E-state index contributed by atoms with van der Waals surface area (Å²) in [4.78, 5) is 27.1. The van der Waals surface area contributed by atoms with Gasteiger partial charge in [0.15, 0.2) is 0 Å². The average molecular weight is 449 g/mol. The number of aryl methyl sites for hydroxylation is 1. The maximum Gasteiger partial charge on any atom is 0.254 e. The fraction of sp³-hybridized carbons (Fsp3) is 0.207. The van der Waals surface area contributed by atoms with Gasteiger partial charge in [-0.25, -0.2) is 4.98 Å². The number of rotatable bonds is 5. The molecule has 1 fully saturated rings. The quantitative estimate of drug-likeness (QED) is 0.427. The summed E-state index contributed by atoms with van der Waals surface area (Å²) in [7, 11) is 0. The summed E-state index contributed by atoms with van der Waals surface area (Å²) in [6.07, 6.45) is 7.90. The van der Waals surface area contributed by atoms with Crippen molar-refractivity contribution in [3.05, 3.63) is 102 Å². The van der Waals surface area contributed by atoms with Crippen LogP contribution in [0.1, 0.15) is 21.5 Å². The van der Waals surface area contributed by atoms with Gasteiger partial charge >= 0.3 is 0 Å². The molecule has 3 heterocycles. The summed E-state index contributed by atoms with van der Waals surface area (Å²) in [6.45, 7) is 6.09. The van der Waals surface area contributed by atoms with E-state index in [1.165, 1.54) is 5.56 Å². The van der Waals surface area contributed by atoms with Gasteiger partial charge in [-0.3, -0.25) is 14.7 Å². The lowest BCUT2D eigenvalue weighted by Crippen LogP contribution is -2.48. The molecular weight excluding hydrogens is 420 g/mol. The Bertz CT molecular complexity index is 1310. The monoisotopic (exact) mass is 448 g/mol. The Labute approximate surface area is 200 Å². The van der Waals surface area contributed by atoms with Gasteiger partial charge in [0, 0.05) is 56.1 Å². The van der Waals surface area contributed by atoms with E-state index in [0.717, 1.165) is 60.4 Å². The summed E-state index contributed by atoms with van der Waals surface area (Å²) in [6, 6.07) is 22.2. The molecule has 2 aromatic carbocycles. The molecule has 0 saturated carbocycles. The Morgan fingerprint density at radius 1 is 0.971 bits per heavy atom. The molecular formula is C29H28N4O. The van der Waals surface area contributed by atoms with Crippen molar-refractivity contribution in [1.82, 2.24) is 19.8 Å². The highest BCUT2D eigenvalue weighted by Crippen LogP contribution is 2.27. The fourth-order valence-electron chi connectivity index (χ4n) is 4.44. The van der Waals surface area contributed by atoms with Gasteiger partial charge in [-0.15, -0.1) is 0 Å². The first-order valence-corrected chi connectivity index (χ1v) is 11.7. The van der Waals surface area contributed by atoms with Crippen molar-refractivity contribution in [2.75, 3.05) is 32.7 Å². The molecule has 34 heavy (non-hydrogen) atoms. The highest BCUT2D eigenvalue weighted by Gasteiger charge is 2.24. The highest BCUT2D eigenvalue weighted by atomic mass is 16.2. The third-order valence-electron chi connectivity index (χ3n) is 6.36. The largest absolute Gasteiger partial charge is 0.336 e. The Kier molecular flexibility index (Phi) is 6.45. The van der Waals surface area contributed by atoms with Crippen molar-refractivity contribution in [1.29, 1.82) is 0 Å². The van der Waals surface area contributed by atoms with Crippen molar-refractivity contribution in [2.45, 2.75) is 6.92 Å². The van der Waals surface area contributed by atoms with Crippen molar-refractivity contribution in [2.24, 2.45) is 0 Å². The van der Waals surface area contributed by atoms with Crippen LogP contribution in [-0.2, 0) is 0 Å².